The van der Waals surface area contributed by atoms with Gasteiger partial charge in [-0.15, -0.1) is 13.2 Å². The molecule has 0 saturated heterocycles. The molecule has 14 heavy (non-hydrogen) atoms. The van der Waals surface area contributed by atoms with Crippen LogP contribution in [0, 0.1) is 0 Å². The second-order valence-electron chi connectivity index (χ2n) is 2.24. The minimum absolute atomic E-state index is 0.320. The van der Waals surface area contributed by atoms with Crippen molar-refractivity contribution in [3.05, 3.63) is 23.9 Å². The molecule has 0 radical (unpaired) electrons. The van der Waals surface area contributed by atoms with E-state index >= 15 is 0 Å². The van der Waals surface area contributed by atoms with Crippen LogP contribution in [0.15, 0.2) is 18.3 Å². The van der Waals surface area contributed by atoms with Gasteiger partial charge in [-0.3, -0.25) is 0 Å². The van der Waals surface area contributed by atoms with Crippen molar-refractivity contribution in [2.24, 2.45) is 0 Å². The summed E-state index contributed by atoms with van der Waals surface area (Å²) in [7, 11) is 0. The molecule has 0 aromatic carbocycles. The normalized spacial score (nSPS) is 11.1. The molecule has 0 aliphatic rings. The number of carbonyl (C=O) groups is 1. The molecule has 0 aliphatic heterocycles. The minimum Gasteiger partial charge on any atom is -0.478 e. The van der Waals surface area contributed by atoms with Gasteiger partial charge in [-0.2, -0.15) is 0 Å². The maximum Gasteiger partial charge on any atom is 0.574 e. The summed E-state index contributed by atoms with van der Waals surface area (Å²) in [5.41, 5.74) is -0.320. The first-order chi connectivity index (χ1) is 6.38. The molecule has 1 aromatic rings. The molecule has 1 rings (SSSR count). The van der Waals surface area contributed by atoms with Crippen molar-refractivity contribution < 1.29 is 27.8 Å². The average molecular weight is 207 g/mol. The summed E-state index contributed by atoms with van der Waals surface area (Å²) in [5.74, 6) is -2.14. The third-order valence-electron chi connectivity index (χ3n) is 1.20. The first kappa shape index (κ1) is 10.3. The van der Waals surface area contributed by atoms with E-state index in [1.54, 1.807) is 0 Å². The van der Waals surface area contributed by atoms with E-state index in [-0.39, 0.29) is 5.56 Å². The Kier molecular flexibility index (Phi) is 2.59. The van der Waals surface area contributed by atoms with Crippen molar-refractivity contribution in [3.63, 3.8) is 0 Å². The van der Waals surface area contributed by atoms with Crippen LogP contribution in [0.2, 0.25) is 0 Å². The highest BCUT2D eigenvalue weighted by Gasteiger charge is 2.31. The van der Waals surface area contributed by atoms with Gasteiger partial charge in [0.1, 0.15) is 0 Å². The number of alkyl halides is 3. The minimum atomic E-state index is -4.87. The summed E-state index contributed by atoms with van der Waals surface area (Å²) in [5, 5.41) is 8.44. The number of hydrogen-bond acceptors (Lipinski definition) is 3. The average Bonchev–Trinajstić information content (AvgIpc) is 2.01. The Balaban J connectivity index is 2.89. The van der Waals surface area contributed by atoms with Crippen molar-refractivity contribution >= 4 is 5.97 Å². The first-order valence-corrected chi connectivity index (χ1v) is 3.33. The van der Waals surface area contributed by atoms with Crippen molar-refractivity contribution in [1.82, 2.24) is 4.98 Å². The number of ether oxygens (including phenoxy) is 1. The number of halogens is 3. The Hall–Kier alpha value is -1.79. The van der Waals surface area contributed by atoms with Crippen LogP contribution in [0.1, 0.15) is 10.4 Å². The van der Waals surface area contributed by atoms with Crippen LogP contribution in [0.5, 0.6) is 5.88 Å². The zero-order valence-corrected chi connectivity index (χ0v) is 6.58. The topological polar surface area (TPSA) is 59.4 Å². The van der Waals surface area contributed by atoms with Crippen LogP contribution < -0.4 is 4.74 Å². The van der Waals surface area contributed by atoms with E-state index < -0.39 is 18.2 Å². The lowest BCUT2D eigenvalue weighted by Crippen LogP contribution is -2.18. The second kappa shape index (κ2) is 3.52. The summed E-state index contributed by atoms with van der Waals surface area (Å²) in [4.78, 5) is 13.6. The van der Waals surface area contributed by atoms with Crippen LogP contribution in [-0.2, 0) is 0 Å². The molecule has 76 valence electrons. The fourth-order valence-corrected chi connectivity index (χ4v) is 0.717. The van der Waals surface area contributed by atoms with E-state index in [0.717, 1.165) is 12.3 Å². The van der Waals surface area contributed by atoms with E-state index in [4.69, 9.17) is 5.11 Å². The number of rotatable bonds is 2. The molecule has 4 nitrogen and oxygen atoms in total. The fourth-order valence-electron chi connectivity index (χ4n) is 0.717. The van der Waals surface area contributed by atoms with Crippen LogP contribution in [0.25, 0.3) is 0 Å². The quantitative estimate of drug-likeness (QED) is 0.801. The number of nitrogens with zero attached hydrogens (tertiary/aromatic N) is 1. The Morgan fingerprint density at radius 2 is 2.14 bits per heavy atom. The second-order valence-corrected chi connectivity index (χ2v) is 2.24. The lowest BCUT2D eigenvalue weighted by Gasteiger charge is -2.07. The highest BCUT2D eigenvalue weighted by Crippen LogP contribution is 2.20. The molecule has 0 amide bonds. The Morgan fingerprint density at radius 3 is 2.64 bits per heavy atom. The molecule has 0 aliphatic carbocycles. The van der Waals surface area contributed by atoms with Gasteiger partial charge in [0.15, 0.2) is 0 Å². The van der Waals surface area contributed by atoms with Gasteiger partial charge in [-0.1, -0.05) is 0 Å². The Bertz CT molecular complexity index is 350. The van der Waals surface area contributed by atoms with Crippen LogP contribution in [0.3, 0.4) is 0 Å². The van der Waals surface area contributed by atoms with Gasteiger partial charge in [-0.25, -0.2) is 9.78 Å². The molecule has 0 fully saturated rings. The van der Waals surface area contributed by atoms with E-state index in [2.05, 4.69) is 9.72 Å². The van der Waals surface area contributed by atoms with Crippen molar-refractivity contribution in [2.45, 2.75) is 6.36 Å². The molecule has 1 heterocycles. The van der Waals surface area contributed by atoms with Gasteiger partial charge >= 0.3 is 12.3 Å². The maximum atomic E-state index is 11.7. The summed E-state index contributed by atoms with van der Waals surface area (Å²) in [6, 6.07) is 1.75. The van der Waals surface area contributed by atoms with E-state index in [1.165, 1.54) is 0 Å². The molecule has 1 N–H and O–H groups in total. The molecular weight excluding hydrogens is 203 g/mol. The van der Waals surface area contributed by atoms with Gasteiger partial charge in [0, 0.05) is 12.3 Å². The molecular formula is C7H4F3NO3. The van der Waals surface area contributed by atoms with Crippen molar-refractivity contribution in [3.8, 4) is 5.88 Å². The zero-order chi connectivity index (χ0) is 10.8. The smallest absolute Gasteiger partial charge is 0.478 e. The standard InChI is InChI=1S/C7H4F3NO3/c8-7(9,10)14-5-3-4(6(12)13)1-2-11-5/h1-3H,(H,12,13). The highest BCUT2D eigenvalue weighted by molar-refractivity contribution is 5.87. The first-order valence-electron chi connectivity index (χ1n) is 3.33. The number of carboxylic acids is 1. The van der Waals surface area contributed by atoms with Gasteiger partial charge in [-0.05, 0) is 6.07 Å². The molecule has 0 unspecified atom stereocenters. The monoisotopic (exact) mass is 207 g/mol. The third kappa shape index (κ3) is 2.92. The summed E-state index contributed by atoms with van der Waals surface area (Å²) < 4.78 is 38.4. The molecule has 1 aromatic heterocycles. The summed E-state index contributed by atoms with van der Waals surface area (Å²) >= 11 is 0. The molecule has 0 bridgehead atoms. The predicted octanol–water partition coefficient (Wildman–Crippen LogP) is 1.68. The lowest BCUT2D eigenvalue weighted by atomic mass is 10.3. The molecule has 0 saturated carbocycles. The number of carboxylic acid groups (broad SMARTS) is 1. The van der Waals surface area contributed by atoms with Gasteiger partial charge in [0.2, 0.25) is 5.88 Å². The lowest BCUT2D eigenvalue weighted by molar-refractivity contribution is -0.276. The SMILES string of the molecule is O=C(O)c1ccnc(OC(F)(F)F)c1. The van der Waals surface area contributed by atoms with E-state index in [9.17, 15) is 18.0 Å². The summed E-state index contributed by atoms with van der Waals surface area (Å²) in [6.07, 6.45) is -3.95. The van der Waals surface area contributed by atoms with Gasteiger partial charge < -0.3 is 9.84 Å². The van der Waals surface area contributed by atoms with Gasteiger partial charge in [0.05, 0.1) is 5.56 Å². The molecule has 7 heteroatoms. The Labute approximate surface area is 75.9 Å². The van der Waals surface area contributed by atoms with Crippen molar-refractivity contribution in [1.29, 1.82) is 0 Å². The summed E-state index contributed by atoms with van der Waals surface area (Å²) in [6.45, 7) is 0. The number of aromatic carboxylic acids is 1. The maximum absolute atomic E-state index is 11.7. The van der Waals surface area contributed by atoms with E-state index in [0.29, 0.717) is 6.07 Å². The predicted molar refractivity (Wildman–Crippen MR) is 37.9 cm³/mol. The number of pyridine rings is 1. The van der Waals surface area contributed by atoms with Crippen LogP contribution >= 0.6 is 0 Å². The molecule has 0 spiro atoms. The highest BCUT2D eigenvalue weighted by atomic mass is 19.4. The third-order valence-corrected chi connectivity index (χ3v) is 1.20. The Morgan fingerprint density at radius 1 is 1.50 bits per heavy atom. The number of hydrogen-bond donors (Lipinski definition) is 1. The fraction of sp³-hybridized carbons (Fsp3) is 0.143. The largest absolute Gasteiger partial charge is 0.574 e. The van der Waals surface area contributed by atoms with Crippen LogP contribution in [0.4, 0.5) is 13.2 Å². The van der Waals surface area contributed by atoms with E-state index in [1.807, 2.05) is 0 Å². The van der Waals surface area contributed by atoms with Gasteiger partial charge in [0.25, 0.3) is 0 Å². The van der Waals surface area contributed by atoms with Crippen LogP contribution in [-0.4, -0.2) is 22.4 Å². The molecule has 0 atom stereocenters. The zero-order valence-electron chi connectivity index (χ0n) is 6.58. The number of aromatic nitrogens is 1. The van der Waals surface area contributed by atoms with Crippen molar-refractivity contribution in [2.75, 3.05) is 0 Å².